The Kier molecular flexibility index (Phi) is 4.20. The molecule has 1 heterocycles. The van der Waals surface area contributed by atoms with E-state index in [-0.39, 0.29) is 11.5 Å². The first-order chi connectivity index (χ1) is 9.63. The van der Waals surface area contributed by atoms with E-state index in [9.17, 15) is 9.59 Å². The Bertz CT molecular complexity index is 581. The zero-order valence-electron chi connectivity index (χ0n) is 11.2. The van der Waals surface area contributed by atoms with Crippen molar-refractivity contribution in [3.8, 4) is 5.75 Å². The second-order valence-corrected chi connectivity index (χ2v) is 3.96. The maximum Gasteiger partial charge on any atom is 0.334 e. The fourth-order valence-electron chi connectivity index (χ4n) is 1.68. The summed E-state index contributed by atoms with van der Waals surface area (Å²) in [5.41, 5.74) is 0.732. The van der Waals surface area contributed by atoms with Gasteiger partial charge in [-0.3, -0.25) is 4.79 Å². The zero-order valence-corrected chi connectivity index (χ0v) is 11.2. The molecule has 1 aliphatic rings. The highest BCUT2D eigenvalue weighted by molar-refractivity contribution is 6.12. The van der Waals surface area contributed by atoms with E-state index in [1.54, 1.807) is 24.3 Å². The smallest absolute Gasteiger partial charge is 0.334 e. The molecule has 2 rings (SSSR count). The summed E-state index contributed by atoms with van der Waals surface area (Å²) in [4.78, 5) is 22.8. The Labute approximate surface area is 116 Å². The molecular formula is C15H14O5. The molecule has 0 fully saturated rings. The third-order valence-corrected chi connectivity index (χ3v) is 2.62. The summed E-state index contributed by atoms with van der Waals surface area (Å²) in [6.45, 7) is 2.49. The summed E-state index contributed by atoms with van der Waals surface area (Å²) in [5.74, 6) is 0.106. The summed E-state index contributed by atoms with van der Waals surface area (Å²) >= 11 is 0. The van der Waals surface area contributed by atoms with E-state index >= 15 is 0 Å². The van der Waals surface area contributed by atoms with Gasteiger partial charge in [0, 0.05) is 11.6 Å². The average Bonchev–Trinajstić information content (AvgIpc) is 2.81. The van der Waals surface area contributed by atoms with Crippen LogP contribution < -0.4 is 4.74 Å². The molecule has 0 N–H and O–H groups in total. The summed E-state index contributed by atoms with van der Waals surface area (Å²) in [6, 6.07) is 7.14. The molecule has 5 heteroatoms. The largest absolute Gasteiger partial charge is 0.494 e. The topological polar surface area (TPSA) is 61.8 Å². The van der Waals surface area contributed by atoms with Gasteiger partial charge in [-0.2, -0.15) is 0 Å². The fraction of sp³-hybridized carbons (Fsp3) is 0.200. The van der Waals surface area contributed by atoms with Crippen molar-refractivity contribution < 1.29 is 23.8 Å². The van der Waals surface area contributed by atoms with Gasteiger partial charge in [0.25, 0.3) is 0 Å². The first kappa shape index (κ1) is 13.9. The standard InChI is InChI=1S/C15H14O5/c1-3-19-11-6-4-10(5-7-11)13-8-12(16)14(20-13)9-15(17)18-2/h4-9H,3H2,1-2H3. The molecule has 0 aliphatic carbocycles. The molecule has 0 saturated carbocycles. The lowest BCUT2D eigenvalue weighted by atomic mass is 10.1. The molecule has 1 aromatic rings. The summed E-state index contributed by atoms with van der Waals surface area (Å²) in [5, 5.41) is 0. The maximum absolute atomic E-state index is 11.7. The van der Waals surface area contributed by atoms with Gasteiger partial charge in [0.15, 0.2) is 5.76 Å². The van der Waals surface area contributed by atoms with Gasteiger partial charge in [-0.05, 0) is 31.2 Å². The van der Waals surface area contributed by atoms with E-state index < -0.39 is 5.97 Å². The first-order valence-electron chi connectivity index (χ1n) is 6.10. The van der Waals surface area contributed by atoms with Crippen LogP contribution in [0.15, 0.2) is 42.2 Å². The van der Waals surface area contributed by atoms with Gasteiger partial charge >= 0.3 is 5.97 Å². The number of carbonyl (C=O) groups is 2. The molecule has 0 aromatic heterocycles. The van der Waals surface area contributed by atoms with Crippen molar-refractivity contribution in [1.82, 2.24) is 0 Å². The number of hydrogen-bond acceptors (Lipinski definition) is 5. The molecule has 0 atom stereocenters. The van der Waals surface area contributed by atoms with Gasteiger partial charge in [-0.1, -0.05) is 0 Å². The van der Waals surface area contributed by atoms with Crippen molar-refractivity contribution >= 4 is 17.5 Å². The van der Waals surface area contributed by atoms with Crippen molar-refractivity contribution in [3.63, 3.8) is 0 Å². The minimum atomic E-state index is -0.630. The number of ether oxygens (including phenoxy) is 3. The van der Waals surface area contributed by atoms with Crippen LogP contribution in [0.3, 0.4) is 0 Å². The van der Waals surface area contributed by atoms with Gasteiger partial charge < -0.3 is 14.2 Å². The minimum Gasteiger partial charge on any atom is -0.494 e. The highest BCUT2D eigenvalue weighted by Crippen LogP contribution is 2.27. The van der Waals surface area contributed by atoms with Crippen molar-refractivity contribution in [2.24, 2.45) is 0 Å². The van der Waals surface area contributed by atoms with Crippen molar-refractivity contribution in [3.05, 3.63) is 47.7 Å². The molecule has 0 saturated heterocycles. The predicted molar refractivity (Wildman–Crippen MR) is 71.8 cm³/mol. The number of ketones is 1. The number of allylic oxidation sites excluding steroid dienone is 1. The number of methoxy groups -OCH3 is 1. The van der Waals surface area contributed by atoms with Gasteiger partial charge in [0.05, 0.1) is 19.8 Å². The molecular weight excluding hydrogens is 260 g/mol. The van der Waals surface area contributed by atoms with Crippen LogP contribution in [0.2, 0.25) is 0 Å². The Balaban J connectivity index is 2.15. The molecule has 0 radical (unpaired) electrons. The van der Waals surface area contributed by atoms with Crippen LogP contribution >= 0.6 is 0 Å². The molecule has 5 nitrogen and oxygen atoms in total. The van der Waals surface area contributed by atoms with Crippen LogP contribution in [-0.2, 0) is 19.1 Å². The summed E-state index contributed by atoms with van der Waals surface area (Å²) in [6.07, 6.45) is 2.37. The van der Waals surface area contributed by atoms with Crippen molar-refractivity contribution in [2.45, 2.75) is 6.92 Å². The highest BCUT2D eigenvalue weighted by atomic mass is 16.5. The maximum atomic E-state index is 11.7. The molecule has 0 unspecified atom stereocenters. The van der Waals surface area contributed by atoms with Gasteiger partial charge in [-0.25, -0.2) is 4.79 Å². The lowest BCUT2D eigenvalue weighted by molar-refractivity contribution is -0.135. The van der Waals surface area contributed by atoms with E-state index in [4.69, 9.17) is 9.47 Å². The van der Waals surface area contributed by atoms with Crippen LogP contribution in [-0.4, -0.2) is 25.5 Å². The SMILES string of the molecule is CCOc1ccc(C2=CC(=O)C(=CC(=O)OC)O2)cc1. The van der Waals surface area contributed by atoms with E-state index in [1.807, 2.05) is 6.92 Å². The second-order valence-electron chi connectivity index (χ2n) is 3.96. The normalized spacial score (nSPS) is 15.8. The lowest BCUT2D eigenvalue weighted by Gasteiger charge is -2.06. The molecule has 1 aliphatic heterocycles. The zero-order chi connectivity index (χ0) is 14.5. The van der Waals surface area contributed by atoms with Crippen molar-refractivity contribution in [2.75, 3.05) is 13.7 Å². The van der Waals surface area contributed by atoms with Gasteiger partial charge in [0.1, 0.15) is 11.5 Å². The van der Waals surface area contributed by atoms with E-state index in [0.717, 1.165) is 17.4 Å². The molecule has 104 valence electrons. The average molecular weight is 274 g/mol. The third kappa shape index (κ3) is 3.06. The Morgan fingerprint density at radius 1 is 1.30 bits per heavy atom. The number of benzene rings is 1. The molecule has 0 bridgehead atoms. The molecule has 1 aromatic carbocycles. The van der Waals surface area contributed by atoms with Gasteiger partial charge in [0.2, 0.25) is 5.78 Å². The van der Waals surface area contributed by atoms with Crippen LogP contribution in [0.25, 0.3) is 5.76 Å². The number of hydrogen-bond donors (Lipinski definition) is 0. The lowest BCUT2D eigenvalue weighted by Crippen LogP contribution is -2.01. The van der Waals surface area contributed by atoms with Crippen LogP contribution in [0.4, 0.5) is 0 Å². The predicted octanol–water partition coefficient (Wildman–Crippen LogP) is 2.08. The number of carbonyl (C=O) groups excluding carboxylic acids is 2. The quantitative estimate of drug-likeness (QED) is 0.621. The molecule has 0 spiro atoms. The van der Waals surface area contributed by atoms with Crippen LogP contribution in [0, 0.1) is 0 Å². The van der Waals surface area contributed by atoms with E-state index in [2.05, 4.69) is 4.74 Å². The Hall–Kier alpha value is -2.56. The number of rotatable bonds is 4. The first-order valence-corrected chi connectivity index (χ1v) is 6.10. The monoisotopic (exact) mass is 274 g/mol. The second kappa shape index (κ2) is 6.06. The molecule has 0 amide bonds. The fourth-order valence-corrected chi connectivity index (χ4v) is 1.68. The Morgan fingerprint density at radius 2 is 2.00 bits per heavy atom. The van der Waals surface area contributed by atoms with Crippen LogP contribution in [0.1, 0.15) is 12.5 Å². The summed E-state index contributed by atoms with van der Waals surface area (Å²) in [7, 11) is 1.24. The highest BCUT2D eigenvalue weighted by Gasteiger charge is 2.23. The Morgan fingerprint density at radius 3 is 2.60 bits per heavy atom. The summed E-state index contributed by atoms with van der Waals surface area (Å²) < 4.78 is 15.2. The minimum absolute atomic E-state index is 0.0410. The van der Waals surface area contributed by atoms with E-state index in [1.165, 1.54) is 13.2 Å². The molecule has 20 heavy (non-hydrogen) atoms. The van der Waals surface area contributed by atoms with Gasteiger partial charge in [-0.15, -0.1) is 0 Å². The third-order valence-electron chi connectivity index (χ3n) is 2.62. The number of esters is 1. The van der Waals surface area contributed by atoms with Crippen molar-refractivity contribution in [1.29, 1.82) is 0 Å². The van der Waals surface area contributed by atoms with Crippen LogP contribution in [0.5, 0.6) is 5.75 Å². The van der Waals surface area contributed by atoms with E-state index in [0.29, 0.717) is 12.4 Å².